The molecule has 0 radical (unpaired) electrons. The molecule has 0 aliphatic heterocycles. The Bertz CT molecular complexity index is 709. The fraction of sp³-hybridized carbons (Fsp3) is 0.783. The van der Waals surface area contributed by atoms with Crippen molar-refractivity contribution in [3.8, 4) is 0 Å². The number of carbonyl (C=O) groups excluding carboxylic acids is 3. The van der Waals surface area contributed by atoms with Crippen LogP contribution in [-0.2, 0) is 24.0 Å². The van der Waals surface area contributed by atoms with Gasteiger partial charge in [-0.3, -0.25) is 19.2 Å². The van der Waals surface area contributed by atoms with Crippen LogP contribution in [0, 0.1) is 17.8 Å². The van der Waals surface area contributed by atoms with Gasteiger partial charge < -0.3 is 31.9 Å². The Labute approximate surface area is 201 Å². The number of rotatable bonds is 16. The average Bonchev–Trinajstić information content (AvgIpc) is 2.68. The van der Waals surface area contributed by atoms with E-state index in [-0.39, 0.29) is 30.6 Å². The molecule has 0 aromatic rings. The van der Waals surface area contributed by atoms with Crippen LogP contribution in [-0.4, -0.2) is 64.0 Å². The predicted molar refractivity (Wildman–Crippen MR) is 127 cm³/mol. The summed E-state index contributed by atoms with van der Waals surface area (Å²) in [6, 6.07) is -4.16. The van der Waals surface area contributed by atoms with Gasteiger partial charge in [0.1, 0.15) is 18.1 Å². The summed E-state index contributed by atoms with van der Waals surface area (Å²) in [7, 11) is 0. The molecule has 0 aliphatic carbocycles. The van der Waals surface area contributed by atoms with Gasteiger partial charge in [-0.15, -0.1) is 0 Å². The standard InChI is InChI=1S/C23H42N4O7/c1-12(2)9-15(24)20(30)26-17(10-13(3)4)22(32)27-18(11-14(5)6)21(31)25-16(23(33)34)7-8-19(28)29/h12-18H,7-11,24H2,1-6H3,(H,25,31)(H,26,30)(H,27,32)(H,28,29)(H,33,34). The van der Waals surface area contributed by atoms with Gasteiger partial charge in [0.25, 0.3) is 0 Å². The lowest BCUT2D eigenvalue weighted by Gasteiger charge is -2.27. The van der Waals surface area contributed by atoms with Crippen molar-refractivity contribution >= 4 is 29.7 Å². The van der Waals surface area contributed by atoms with Crippen molar-refractivity contribution in [2.75, 3.05) is 0 Å². The van der Waals surface area contributed by atoms with Crippen LogP contribution < -0.4 is 21.7 Å². The quantitative estimate of drug-likeness (QED) is 0.185. The van der Waals surface area contributed by atoms with Gasteiger partial charge in [-0.2, -0.15) is 0 Å². The van der Waals surface area contributed by atoms with Gasteiger partial charge in [-0.05, 0) is 43.4 Å². The van der Waals surface area contributed by atoms with E-state index in [1.54, 1.807) is 0 Å². The van der Waals surface area contributed by atoms with Crippen molar-refractivity contribution in [3.63, 3.8) is 0 Å². The molecular weight excluding hydrogens is 444 g/mol. The van der Waals surface area contributed by atoms with Crippen molar-refractivity contribution in [1.29, 1.82) is 0 Å². The molecule has 11 nitrogen and oxygen atoms in total. The SMILES string of the molecule is CC(C)CC(N)C(=O)NC(CC(C)C)C(=O)NC(CC(C)C)C(=O)NC(CCC(=O)O)C(=O)O. The summed E-state index contributed by atoms with van der Waals surface area (Å²) in [4.78, 5) is 60.6. The molecule has 4 atom stereocenters. The zero-order valence-electron chi connectivity index (χ0n) is 21.1. The molecule has 0 fully saturated rings. The third-order valence-corrected chi connectivity index (χ3v) is 5.00. The molecule has 0 aromatic carbocycles. The Hall–Kier alpha value is -2.69. The number of nitrogens with one attached hydrogen (secondary N) is 3. The minimum atomic E-state index is -1.41. The molecule has 34 heavy (non-hydrogen) atoms. The first-order valence-electron chi connectivity index (χ1n) is 11.7. The van der Waals surface area contributed by atoms with Crippen LogP contribution in [0.3, 0.4) is 0 Å². The van der Waals surface area contributed by atoms with Crippen LogP contribution in [0.1, 0.15) is 73.6 Å². The molecule has 196 valence electrons. The van der Waals surface area contributed by atoms with Gasteiger partial charge in [-0.1, -0.05) is 41.5 Å². The van der Waals surface area contributed by atoms with E-state index < -0.39 is 60.2 Å². The molecule has 0 spiro atoms. The molecule has 4 unspecified atom stereocenters. The Morgan fingerprint density at radius 3 is 1.38 bits per heavy atom. The van der Waals surface area contributed by atoms with E-state index in [0.29, 0.717) is 12.8 Å². The zero-order valence-corrected chi connectivity index (χ0v) is 21.1. The van der Waals surface area contributed by atoms with E-state index in [9.17, 15) is 29.1 Å². The van der Waals surface area contributed by atoms with Crippen molar-refractivity contribution in [2.24, 2.45) is 23.5 Å². The van der Waals surface area contributed by atoms with Crippen molar-refractivity contribution < 1.29 is 34.2 Å². The van der Waals surface area contributed by atoms with Crippen LogP contribution in [0.15, 0.2) is 0 Å². The van der Waals surface area contributed by atoms with E-state index in [1.165, 1.54) is 0 Å². The van der Waals surface area contributed by atoms with E-state index >= 15 is 0 Å². The Balaban J connectivity index is 5.50. The molecule has 0 aliphatic rings. The number of carboxylic acids is 2. The Kier molecular flexibility index (Phi) is 14.1. The van der Waals surface area contributed by atoms with Crippen LogP contribution in [0.2, 0.25) is 0 Å². The maximum atomic E-state index is 13.0. The van der Waals surface area contributed by atoms with Crippen LogP contribution in [0.4, 0.5) is 0 Å². The molecule has 0 saturated carbocycles. The number of hydrogen-bond donors (Lipinski definition) is 6. The lowest BCUT2D eigenvalue weighted by atomic mass is 9.98. The van der Waals surface area contributed by atoms with Gasteiger partial charge in [0.15, 0.2) is 0 Å². The minimum Gasteiger partial charge on any atom is -0.481 e. The second kappa shape index (κ2) is 15.3. The second-order valence-electron chi connectivity index (χ2n) is 9.95. The van der Waals surface area contributed by atoms with E-state index in [0.717, 1.165) is 0 Å². The highest BCUT2D eigenvalue weighted by molar-refractivity contribution is 5.94. The first-order valence-corrected chi connectivity index (χ1v) is 11.7. The summed E-state index contributed by atoms with van der Waals surface area (Å²) in [5.41, 5.74) is 5.94. The topological polar surface area (TPSA) is 188 Å². The molecule has 7 N–H and O–H groups in total. The summed E-state index contributed by atoms with van der Waals surface area (Å²) in [5.74, 6) is -4.08. The van der Waals surface area contributed by atoms with E-state index in [2.05, 4.69) is 16.0 Å². The molecular formula is C23H42N4O7. The Morgan fingerprint density at radius 2 is 1.03 bits per heavy atom. The van der Waals surface area contributed by atoms with E-state index in [1.807, 2.05) is 41.5 Å². The summed E-state index contributed by atoms with van der Waals surface area (Å²) in [6.07, 6.45) is 0.264. The number of carbonyl (C=O) groups is 5. The van der Waals surface area contributed by atoms with Crippen molar-refractivity contribution in [3.05, 3.63) is 0 Å². The van der Waals surface area contributed by atoms with Crippen molar-refractivity contribution in [2.45, 2.75) is 97.8 Å². The number of nitrogens with two attached hydrogens (primary N) is 1. The number of aliphatic carboxylic acids is 2. The first kappa shape index (κ1) is 31.3. The van der Waals surface area contributed by atoms with Gasteiger partial charge in [-0.25, -0.2) is 4.79 Å². The highest BCUT2D eigenvalue weighted by atomic mass is 16.4. The molecule has 11 heteroatoms. The molecule has 0 saturated heterocycles. The monoisotopic (exact) mass is 486 g/mol. The summed E-state index contributed by atoms with van der Waals surface area (Å²) in [6.45, 7) is 11.3. The maximum Gasteiger partial charge on any atom is 0.326 e. The molecule has 0 heterocycles. The van der Waals surface area contributed by atoms with Gasteiger partial charge in [0.2, 0.25) is 17.7 Å². The lowest BCUT2D eigenvalue weighted by molar-refractivity contribution is -0.143. The highest BCUT2D eigenvalue weighted by Crippen LogP contribution is 2.11. The molecule has 3 amide bonds. The number of amides is 3. The largest absolute Gasteiger partial charge is 0.481 e. The van der Waals surface area contributed by atoms with Gasteiger partial charge in [0.05, 0.1) is 6.04 Å². The normalized spacial score (nSPS) is 14.9. The fourth-order valence-corrected chi connectivity index (χ4v) is 3.37. The van der Waals surface area contributed by atoms with Gasteiger partial charge in [0, 0.05) is 6.42 Å². The molecule has 0 rings (SSSR count). The Morgan fingerprint density at radius 1 is 0.647 bits per heavy atom. The van der Waals surface area contributed by atoms with Gasteiger partial charge >= 0.3 is 11.9 Å². The minimum absolute atomic E-state index is 0.0176. The van der Waals surface area contributed by atoms with Crippen LogP contribution >= 0.6 is 0 Å². The highest BCUT2D eigenvalue weighted by Gasteiger charge is 2.31. The van der Waals surface area contributed by atoms with Crippen LogP contribution in [0.5, 0.6) is 0 Å². The van der Waals surface area contributed by atoms with Crippen molar-refractivity contribution in [1.82, 2.24) is 16.0 Å². The summed E-state index contributed by atoms with van der Waals surface area (Å²) < 4.78 is 0. The second-order valence-corrected chi connectivity index (χ2v) is 9.95. The summed E-state index contributed by atoms with van der Waals surface area (Å²) in [5, 5.41) is 25.8. The first-order chi connectivity index (χ1) is 15.6. The average molecular weight is 487 g/mol. The van der Waals surface area contributed by atoms with E-state index in [4.69, 9.17) is 10.8 Å². The van der Waals surface area contributed by atoms with Crippen LogP contribution in [0.25, 0.3) is 0 Å². The smallest absolute Gasteiger partial charge is 0.326 e. The molecule has 0 bridgehead atoms. The third kappa shape index (κ3) is 13.1. The summed E-state index contributed by atoms with van der Waals surface area (Å²) >= 11 is 0. The number of hydrogen-bond acceptors (Lipinski definition) is 6. The maximum absolute atomic E-state index is 13.0. The lowest BCUT2D eigenvalue weighted by Crippen LogP contribution is -2.57. The third-order valence-electron chi connectivity index (χ3n) is 5.00. The fourth-order valence-electron chi connectivity index (χ4n) is 3.37. The molecule has 0 aromatic heterocycles. The number of carboxylic acid groups (broad SMARTS) is 2. The predicted octanol–water partition coefficient (Wildman–Crippen LogP) is 0.856. The zero-order chi connectivity index (χ0) is 26.6.